The molecule has 12 nitrogen and oxygen atoms in total. The first-order chi connectivity index (χ1) is 35.6. The lowest BCUT2D eigenvalue weighted by molar-refractivity contribution is -0.301. The first-order valence-electron chi connectivity index (χ1n) is 28.9. The van der Waals surface area contributed by atoms with Crippen LogP contribution in [-0.4, -0.2) is 89.2 Å². The molecule has 73 heavy (non-hydrogen) atoms. The highest BCUT2D eigenvalue weighted by molar-refractivity contribution is 5.74. The predicted molar refractivity (Wildman–Crippen MR) is 294 cm³/mol. The van der Waals surface area contributed by atoms with E-state index in [1.165, 1.54) is 89.9 Å². The fourth-order valence-corrected chi connectivity index (χ4v) is 8.35. The van der Waals surface area contributed by atoms with Crippen LogP contribution in [0.25, 0.3) is 0 Å². The molecule has 0 aromatic carbocycles. The van der Waals surface area contributed by atoms with Crippen molar-refractivity contribution >= 4 is 23.9 Å². The number of aliphatic hydroxyl groups is 2. The van der Waals surface area contributed by atoms with Gasteiger partial charge in [-0.2, -0.15) is 0 Å². The van der Waals surface area contributed by atoms with Gasteiger partial charge in [0.15, 0.2) is 24.6 Å². The molecule has 1 rings (SSSR count). The van der Waals surface area contributed by atoms with Gasteiger partial charge >= 0.3 is 23.9 Å². The molecule has 0 aromatic rings. The van der Waals surface area contributed by atoms with E-state index in [1.807, 2.05) is 18.2 Å². The van der Waals surface area contributed by atoms with Crippen molar-refractivity contribution < 1.29 is 58.2 Å². The highest BCUT2D eigenvalue weighted by atomic mass is 16.7. The summed E-state index contributed by atoms with van der Waals surface area (Å²) < 4.78 is 28.3. The maximum atomic E-state index is 13.1. The molecule has 1 saturated heterocycles. The van der Waals surface area contributed by atoms with Crippen molar-refractivity contribution in [2.45, 2.75) is 276 Å². The van der Waals surface area contributed by atoms with E-state index in [9.17, 15) is 34.5 Å². The number of allylic oxidation sites excluding steroid dienone is 12. The quantitative estimate of drug-likeness (QED) is 0.0228. The number of esters is 3. The van der Waals surface area contributed by atoms with Gasteiger partial charge in [-0.3, -0.25) is 14.4 Å². The minimum atomic E-state index is -1.93. The predicted octanol–water partition coefficient (Wildman–Crippen LogP) is 14.6. The van der Waals surface area contributed by atoms with E-state index < -0.39 is 67.3 Å². The lowest BCUT2D eigenvalue weighted by atomic mass is 9.98. The zero-order valence-electron chi connectivity index (χ0n) is 45.9. The van der Waals surface area contributed by atoms with E-state index in [2.05, 4.69) is 75.5 Å². The second-order valence-corrected chi connectivity index (χ2v) is 19.5. The molecule has 0 saturated carbocycles. The van der Waals surface area contributed by atoms with Crippen LogP contribution in [0.4, 0.5) is 0 Å². The Bertz CT molecular complexity index is 1550. The molecule has 0 bridgehead atoms. The van der Waals surface area contributed by atoms with Crippen LogP contribution in [0.2, 0.25) is 0 Å². The molecule has 0 aromatic heterocycles. The average molecular weight is 1030 g/mol. The van der Waals surface area contributed by atoms with E-state index in [4.69, 9.17) is 23.7 Å². The Morgan fingerprint density at radius 2 is 0.890 bits per heavy atom. The van der Waals surface area contributed by atoms with Crippen molar-refractivity contribution in [2.24, 2.45) is 0 Å². The molecular weight excluding hydrogens is 925 g/mol. The molecule has 6 unspecified atom stereocenters. The van der Waals surface area contributed by atoms with E-state index in [1.54, 1.807) is 0 Å². The smallest absolute Gasteiger partial charge is 0.335 e. The van der Waals surface area contributed by atoms with E-state index >= 15 is 0 Å². The van der Waals surface area contributed by atoms with E-state index in [-0.39, 0.29) is 25.9 Å². The van der Waals surface area contributed by atoms with Crippen LogP contribution in [0.5, 0.6) is 0 Å². The largest absolute Gasteiger partial charge is 0.479 e. The Labute approximate surface area is 442 Å². The van der Waals surface area contributed by atoms with Gasteiger partial charge in [-0.25, -0.2) is 4.79 Å². The monoisotopic (exact) mass is 1030 g/mol. The van der Waals surface area contributed by atoms with Gasteiger partial charge < -0.3 is 39.0 Å². The molecule has 0 spiro atoms. The third-order valence-corrected chi connectivity index (χ3v) is 12.8. The molecule has 0 aliphatic carbocycles. The highest BCUT2D eigenvalue weighted by Crippen LogP contribution is 2.26. The van der Waals surface area contributed by atoms with Crippen LogP contribution in [0.3, 0.4) is 0 Å². The lowest BCUT2D eigenvalue weighted by Gasteiger charge is -2.40. The van der Waals surface area contributed by atoms with Gasteiger partial charge in [-0.05, 0) is 77.0 Å². The van der Waals surface area contributed by atoms with Crippen molar-refractivity contribution in [1.82, 2.24) is 0 Å². The summed E-state index contributed by atoms with van der Waals surface area (Å²) in [4.78, 5) is 51.0. The molecule has 1 aliphatic heterocycles. The summed E-state index contributed by atoms with van der Waals surface area (Å²) in [5.41, 5.74) is 0. The van der Waals surface area contributed by atoms with Gasteiger partial charge in [0.25, 0.3) is 0 Å². The Morgan fingerprint density at radius 1 is 0.466 bits per heavy atom. The molecule has 12 heteroatoms. The number of carboxylic acid groups (broad SMARTS) is 1. The number of unbranched alkanes of at least 4 members (excludes halogenated alkanes) is 22. The maximum absolute atomic E-state index is 13.1. The number of carbonyl (C=O) groups is 4. The van der Waals surface area contributed by atoms with Gasteiger partial charge in [0, 0.05) is 19.3 Å². The lowest BCUT2D eigenvalue weighted by Crippen LogP contribution is -2.61. The zero-order chi connectivity index (χ0) is 53.3. The maximum Gasteiger partial charge on any atom is 0.335 e. The third-order valence-electron chi connectivity index (χ3n) is 12.8. The SMILES string of the molecule is CC/C=C\C/C=C\C/C=C\C/C=C\CCC(=O)OC1C(OCC(COC(=O)CCCCCCC/C=C\C/C=C\CCCCC)OC(=O)CCCCCCCCCCCCCCCCC)OC(C(=O)O)C(O)C1O. The Morgan fingerprint density at radius 3 is 1.40 bits per heavy atom. The number of rotatable bonds is 48. The second kappa shape index (κ2) is 49.1. The first kappa shape index (κ1) is 67.2. The molecule has 1 fully saturated rings. The standard InChI is InChI=1S/C61H102O12/c1-4-7-10-13-16-19-22-25-27-30-32-35-38-41-44-47-53(62)69-50-52(71-54(63)48-45-42-39-36-34-31-28-26-23-20-17-14-11-8-5-2)51-70-61-59(57(66)56(65)58(73-61)60(67)68)72-55(64)49-46-43-40-37-33-29-24-21-18-15-12-9-6-3/h9,12,16,18-19,21,25,27,29,33,40,43,52,56-59,61,65-66H,4-8,10-11,13-15,17,20,22-24,26,28,30-32,34-39,41-42,44-51H2,1-3H3,(H,67,68)/b12-9-,19-16-,21-18-,27-25-,33-29-,43-40-. The highest BCUT2D eigenvalue weighted by Gasteiger charge is 2.50. The number of aliphatic hydroxyl groups excluding tert-OH is 2. The Hall–Kier alpha value is -3.84. The van der Waals surface area contributed by atoms with Gasteiger partial charge in [-0.15, -0.1) is 0 Å². The average Bonchev–Trinajstić information content (AvgIpc) is 3.37. The van der Waals surface area contributed by atoms with Crippen molar-refractivity contribution in [1.29, 1.82) is 0 Å². The van der Waals surface area contributed by atoms with Gasteiger partial charge in [0.2, 0.25) is 0 Å². The fourth-order valence-electron chi connectivity index (χ4n) is 8.35. The van der Waals surface area contributed by atoms with Crippen LogP contribution in [0.15, 0.2) is 72.9 Å². The van der Waals surface area contributed by atoms with Crippen molar-refractivity contribution in [3.63, 3.8) is 0 Å². The minimum absolute atomic E-state index is 0.0627. The summed E-state index contributed by atoms with van der Waals surface area (Å²) in [5, 5.41) is 31.4. The molecule has 6 atom stereocenters. The summed E-state index contributed by atoms with van der Waals surface area (Å²) in [5.74, 6) is -3.24. The topological polar surface area (TPSA) is 175 Å². The molecule has 1 heterocycles. The molecule has 3 N–H and O–H groups in total. The number of carboxylic acids is 1. The zero-order valence-corrected chi connectivity index (χ0v) is 45.9. The minimum Gasteiger partial charge on any atom is -0.479 e. The van der Waals surface area contributed by atoms with Crippen LogP contribution in [0, 0.1) is 0 Å². The van der Waals surface area contributed by atoms with Gasteiger partial charge in [0.1, 0.15) is 18.8 Å². The molecule has 0 amide bonds. The number of carbonyl (C=O) groups excluding carboxylic acids is 3. The Balaban J connectivity index is 2.74. The molecular formula is C61H102O12. The third kappa shape index (κ3) is 39.3. The Kier molecular flexibility index (Phi) is 45.1. The van der Waals surface area contributed by atoms with Crippen molar-refractivity contribution in [3.05, 3.63) is 72.9 Å². The molecule has 1 aliphatic rings. The van der Waals surface area contributed by atoms with Crippen molar-refractivity contribution in [2.75, 3.05) is 13.2 Å². The van der Waals surface area contributed by atoms with Crippen LogP contribution in [0.1, 0.15) is 239 Å². The fraction of sp³-hybridized carbons (Fsp3) is 0.738. The first-order valence-corrected chi connectivity index (χ1v) is 28.9. The summed E-state index contributed by atoms with van der Waals surface area (Å²) in [6, 6.07) is 0. The van der Waals surface area contributed by atoms with Crippen LogP contribution in [-0.2, 0) is 42.9 Å². The summed E-state index contributed by atoms with van der Waals surface area (Å²) in [7, 11) is 0. The number of hydrogen-bond donors (Lipinski definition) is 3. The van der Waals surface area contributed by atoms with Crippen LogP contribution >= 0.6 is 0 Å². The number of hydrogen-bond acceptors (Lipinski definition) is 11. The summed E-state index contributed by atoms with van der Waals surface area (Å²) in [6.07, 6.45) is 48.9. The summed E-state index contributed by atoms with van der Waals surface area (Å²) >= 11 is 0. The summed E-state index contributed by atoms with van der Waals surface area (Å²) in [6.45, 7) is 5.80. The molecule has 418 valence electrons. The number of aliphatic carboxylic acids is 1. The number of ether oxygens (including phenoxy) is 5. The molecule has 0 radical (unpaired) electrons. The van der Waals surface area contributed by atoms with E-state index in [0.29, 0.717) is 25.7 Å². The van der Waals surface area contributed by atoms with Crippen molar-refractivity contribution in [3.8, 4) is 0 Å². The van der Waals surface area contributed by atoms with Gasteiger partial charge in [-0.1, -0.05) is 216 Å². The normalized spacial score (nSPS) is 18.8. The second-order valence-electron chi connectivity index (χ2n) is 19.5. The van der Waals surface area contributed by atoms with Gasteiger partial charge in [0.05, 0.1) is 6.61 Å². The van der Waals surface area contributed by atoms with Crippen LogP contribution < -0.4 is 0 Å². The van der Waals surface area contributed by atoms with E-state index in [0.717, 1.165) is 83.5 Å².